The summed E-state index contributed by atoms with van der Waals surface area (Å²) in [5.74, 6) is 0.569. The number of hydrogen-bond donors (Lipinski definition) is 1. The number of carbonyl (C=O) groups is 1. The van der Waals surface area contributed by atoms with Crippen LogP contribution in [0.15, 0.2) is 60.8 Å². The van der Waals surface area contributed by atoms with Crippen molar-refractivity contribution in [1.29, 1.82) is 0 Å². The average Bonchev–Trinajstić information content (AvgIpc) is 2.91. The number of aryl methyl sites for hydroxylation is 2. The molecule has 0 spiro atoms. The van der Waals surface area contributed by atoms with Crippen molar-refractivity contribution in [2.75, 3.05) is 10.2 Å². The number of pyridine rings is 1. The predicted molar refractivity (Wildman–Crippen MR) is 105 cm³/mol. The molecule has 1 aliphatic heterocycles. The van der Waals surface area contributed by atoms with E-state index in [0.717, 1.165) is 22.4 Å². The van der Waals surface area contributed by atoms with Crippen molar-refractivity contribution >= 4 is 29.0 Å². The standard InChI is InChI=1S/C21H18ClN3O/c1-13-9-10-23-19(11-13)25-20(16-5-3-4-6-17(16)21(25)26)24-18-12-15(22)8-7-14(18)2/h3-12,20,24H,1-2H3. The van der Waals surface area contributed by atoms with Crippen LogP contribution in [-0.4, -0.2) is 10.9 Å². The van der Waals surface area contributed by atoms with Gasteiger partial charge in [-0.05, 0) is 55.3 Å². The zero-order chi connectivity index (χ0) is 18.3. The average molecular weight is 364 g/mol. The van der Waals surface area contributed by atoms with Gasteiger partial charge in [0.1, 0.15) is 12.0 Å². The number of nitrogens with zero attached hydrogens (tertiary/aromatic N) is 2. The molecule has 3 aromatic rings. The van der Waals surface area contributed by atoms with E-state index in [4.69, 9.17) is 11.6 Å². The maximum Gasteiger partial charge on any atom is 0.261 e. The molecule has 4 rings (SSSR count). The number of halogens is 1. The number of aromatic nitrogens is 1. The second-order valence-electron chi connectivity index (χ2n) is 6.46. The third kappa shape index (κ3) is 2.82. The molecular weight excluding hydrogens is 346 g/mol. The lowest BCUT2D eigenvalue weighted by molar-refractivity contribution is 0.0992. The van der Waals surface area contributed by atoms with E-state index < -0.39 is 0 Å². The van der Waals surface area contributed by atoms with Crippen LogP contribution >= 0.6 is 11.6 Å². The molecule has 0 fully saturated rings. The van der Waals surface area contributed by atoms with Crippen molar-refractivity contribution in [2.24, 2.45) is 0 Å². The Kier molecular flexibility index (Phi) is 4.13. The second kappa shape index (κ2) is 6.46. The van der Waals surface area contributed by atoms with Crippen molar-refractivity contribution in [3.05, 3.63) is 88.1 Å². The van der Waals surface area contributed by atoms with Gasteiger partial charge in [-0.2, -0.15) is 0 Å². The molecular formula is C21H18ClN3O. The fourth-order valence-electron chi connectivity index (χ4n) is 3.24. The van der Waals surface area contributed by atoms with E-state index >= 15 is 0 Å². The molecule has 1 amide bonds. The lowest BCUT2D eigenvalue weighted by Gasteiger charge is -2.27. The Morgan fingerprint density at radius 2 is 1.88 bits per heavy atom. The first kappa shape index (κ1) is 16.6. The van der Waals surface area contributed by atoms with Gasteiger partial charge in [0, 0.05) is 28.0 Å². The van der Waals surface area contributed by atoms with Gasteiger partial charge >= 0.3 is 0 Å². The predicted octanol–water partition coefficient (Wildman–Crippen LogP) is 5.12. The van der Waals surface area contributed by atoms with E-state index in [-0.39, 0.29) is 12.1 Å². The number of rotatable bonds is 3. The minimum atomic E-state index is -0.342. The number of fused-ring (bicyclic) bond motifs is 1. The molecule has 5 heteroatoms. The lowest BCUT2D eigenvalue weighted by atomic mass is 10.1. The Morgan fingerprint density at radius 3 is 2.69 bits per heavy atom. The van der Waals surface area contributed by atoms with Crippen molar-refractivity contribution < 1.29 is 4.79 Å². The van der Waals surface area contributed by atoms with Crippen molar-refractivity contribution in [3.63, 3.8) is 0 Å². The molecule has 1 aliphatic rings. The third-order valence-corrected chi connectivity index (χ3v) is 4.84. The van der Waals surface area contributed by atoms with Crippen LogP contribution in [0, 0.1) is 13.8 Å². The van der Waals surface area contributed by atoms with E-state index in [0.29, 0.717) is 16.4 Å². The zero-order valence-electron chi connectivity index (χ0n) is 14.5. The summed E-state index contributed by atoms with van der Waals surface area (Å²) in [5.41, 5.74) is 4.62. The van der Waals surface area contributed by atoms with E-state index in [2.05, 4.69) is 10.3 Å². The van der Waals surface area contributed by atoms with E-state index in [1.165, 1.54) is 0 Å². The fourth-order valence-corrected chi connectivity index (χ4v) is 3.42. The summed E-state index contributed by atoms with van der Waals surface area (Å²) in [7, 11) is 0. The van der Waals surface area contributed by atoms with Crippen molar-refractivity contribution in [1.82, 2.24) is 4.98 Å². The van der Waals surface area contributed by atoms with Gasteiger partial charge < -0.3 is 5.32 Å². The van der Waals surface area contributed by atoms with Gasteiger partial charge in [-0.15, -0.1) is 0 Å². The Labute approximate surface area is 157 Å². The molecule has 1 atom stereocenters. The first-order valence-electron chi connectivity index (χ1n) is 8.42. The maximum absolute atomic E-state index is 13.1. The number of carbonyl (C=O) groups excluding carboxylic acids is 1. The van der Waals surface area contributed by atoms with Gasteiger partial charge in [0.15, 0.2) is 0 Å². The van der Waals surface area contributed by atoms with E-state index in [1.807, 2.05) is 68.4 Å². The van der Waals surface area contributed by atoms with Crippen LogP contribution in [0.25, 0.3) is 0 Å². The minimum absolute atomic E-state index is 0.0594. The molecule has 2 aromatic carbocycles. The fraction of sp³-hybridized carbons (Fsp3) is 0.143. The molecule has 26 heavy (non-hydrogen) atoms. The van der Waals surface area contributed by atoms with Crippen molar-refractivity contribution in [2.45, 2.75) is 20.0 Å². The Morgan fingerprint density at radius 1 is 1.08 bits per heavy atom. The van der Waals surface area contributed by atoms with Gasteiger partial charge in [0.05, 0.1) is 0 Å². The van der Waals surface area contributed by atoms with Crippen LogP contribution in [0.5, 0.6) is 0 Å². The summed E-state index contributed by atoms with van der Waals surface area (Å²) in [5, 5.41) is 4.13. The summed E-state index contributed by atoms with van der Waals surface area (Å²) in [6.07, 6.45) is 1.38. The van der Waals surface area contributed by atoms with Crippen LogP contribution in [0.2, 0.25) is 5.02 Å². The highest BCUT2D eigenvalue weighted by atomic mass is 35.5. The number of nitrogens with one attached hydrogen (secondary N) is 1. The summed E-state index contributed by atoms with van der Waals surface area (Å²) < 4.78 is 0. The number of amides is 1. The van der Waals surface area contributed by atoms with Crippen molar-refractivity contribution in [3.8, 4) is 0 Å². The molecule has 0 bridgehead atoms. The molecule has 1 N–H and O–H groups in total. The summed E-state index contributed by atoms with van der Waals surface area (Å²) in [6.45, 7) is 4.00. The minimum Gasteiger partial charge on any atom is -0.361 e. The number of anilines is 2. The number of benzene rings is 2. The Balaban J connectivity index is 1.82. The number of hydrogen-bond acceptors (Lipinski definition) is 3. The molecule has 130 valence electrons. The summed E-state index contributed by atoms with van der Waals surface area (Å²) in [4.78, 5) is 19.2. The third-order valence-electron chi connectivity index (χ3n) is 4.60. The summed E-state index contributed by atoms with van der Waals surface area (Å²) >= 11 is 6.17. The van der Waals surface area contributed by atoms with E-state index in [1.54, 1.807) is 11.1 Å². The molecule has 0 saturated heterocycles. The summed E-state index contributed by atoms with van der Waals surface area (Å²) in [6, 6.07) is 17.2. The van der Waals surface area contributed by atoms with Gasteiger partial charge in [-0.3, -0.25) is 9.69 Å². The van der Waals surface area contributed by atoms with E-state index in [9.17, 15) is 4.79 Å². The SMILES string of the molecule is Cc1ccnc(N2C(=O)c3ccccc3C2Nc2cc(Cl)ccc2C)c1. The highest BCUT2D eigenvalue weighted by Gasteiger charge is 2.38. The molecule has 0 radical (unpaired) electrons. The highest BCUT2D eigenvalue weighted by Crippen LogP contribution is 2.38. The smallest absolute Gasteiger partial charge is 0.261 e. The first-order chi connectivity index (χ1) is 12.5. The zero-order valence-corrected chi connectivity index (χ0v) is 15.3. The van der Waals surface area contributed by atoms with Crippen LogP contribution in [0.1, 0.15) is 33.2 Å². The molecule has 1 unspecified atom stereocenters. The second-order valence-corrected chi connectivity index (χ2v) is 6.90. The Bertz CT molecular complexity index is 1000. The first-order valence-corrected chi connectivity index (χ1v) is 8.80. The van der Waals surface area contributed by atoms with Gasteiger partial charge in [-0.25, -0.2) is 4.98 Å². The molecule has 4 nitrogen and oxygen atoms in total. The molecule has 2 heterocycles. The topological polar surface area (TPSA) is 45.2 Å². The van der Waals surface area contributed by atoms with Crippen LogP contribution in [0.3, 0.4) is 0 Å². The van der Waals surface area contributed by atoms with Crippen LogP contribution in [-0.2, 0) is 0 Å². The lowest BCUT2D eigenvalue weighted by Crippen LogP contribution is -2.33. The normalized spacial score (nSPS) is 15.9. The van der Waals surface area contributed by atoms with Gasteiger partial charge in [-0.1, -0.05) is 35.9 Å². The maximum atomic E-state index is 13.1. The quantitative estimate of drug-likeness (QED) is 0.702. The monoisotopic (exact) mass is 363 g/mol. The van der Waals surface area contributed by atoms with Gasteiger partial charge in [0.2, 0.25) is 0 Å². The van der Waals surface area contributed by atoms with Crippen LogP contribution in [0.4, 0.5) is 11.5 Å². The highest BCUT2D eigenvalue weighted by molar-refractivity contribution is 6.30. The van der Waals surface area contributed by atoms with Crippen LogP contribution < -0.4 is 10.2 Å². The van der Waals surface area contributed by atoms with Gasteiger partial charge in [0.25, 0.3) is 5.91 Å². The largest absolute Gasteiger partial charge is 0.361 e. The molecule has 0 saturated carbocycles. The molecule has 0 aliphatic carbocycles. The Hall–Kier alpha value is -2.85. The molecule has 1 aromatic heterocycles.